The highest BCUT2D eigenvalue weighted by atomic mass is 32.2. The maximum atomic E-state index is 11.9. The highest BCUT2D eigenvalue weighted by Crippen LogP contribution is 2.19. The molecular weight excluding hydrogens is 313 g/mol. The molecule has 9 heteroatoms. The van der Waals surface area contributed by atoms with Gasteiger partial charge in [-0.05, 0) is 18.2 Å². The number of alkyl halides is 3. The molecule has 0 heterocycles. The molecule has 0 unspecified atom stereocenters. The van der Waals surface area contributed by atoms with Crippen molar-refractivity contribution in [2.24, 2.45) is 0 Å². The van der Waals surface area contributed by atoms with Gasteiger partial charge in [-0.15, -0.1) is 0 Å². The van der Waals surface area contributed by atoms with Gasteiger partial charge in [0.1, 0.15) is 0 Å². The summed E-state index contributed by atoms with van der Waals surface area (Å²) in [6, 6.07) is 4.73. The molecule has 0 spiro atoms. The standard InChI is InChI=1S/C12H13F3O5S/c13-12(14,15)4-5-20-6-7-21(18,19)10-3-1-2-9(8-10)11(16)17/h1-3,8H,4-7H2,(H,16,17). The monoisotopic (exact) mass is 326 g/mol. The van der Waals surface area contributed by atoms with Crippen LogP contribution in [-0.2, 0) is 14.6 Å². The molecule has 0 aliphatic heterocycles. The maximum Gasteiger partial charge on any atom is 0.391 e. The molecule has 0 aliphatic carbocycles. The fourth-order valence-electron chi connectivity index (χ4n) is 1.40. The van der Waals surface area contributed by atoms with Crippen molar-refractivity contribution in [1.82, 2.24) is 0 Å². The summed E-state index contributed by atoms with van der Waals surface area (Å²) in [5, 5.41) is 8.77. The number of hydrogen-bond acceptors (Lipinski definition) is 4. The first kappa shape index (κ1) is 17.4. The second kappa shape index (κ2) is 6.90. The highest BCUT2D eigenvalue weighted by Gasteiger charge is 2.26. The van der Waals surface area contributed by atoms with Crippen molar-refractivity contribution < 1.29 is 36.2 Å². The smallest absolute Gasteiger partial charge is 0.391 e. The second-order valence-electron chi connectivity index (χ2n) is 4.13. The minimum Gasteiger partial charge on any atom is -0.478 e. The Morgan fingerprint density at radius 2 is 1.90 bits per heavy atom. The fraction of sp³-hybridized carbons (Fsp3) is 0.417. The Bertz CT molecular complexity index is 595. The van der Waals surface area contributed by atoms with Crippen molar-refractivity contribution in [3.05, 3.63) is 29.8 Å². The Hall–Kier alpha value is -1.61. The summed E-state index contributed by atoms with van der Waals surface area (Å²) in [6.07, 6.45) is -5.50. The zero-order chi connectivity index (χ0) is 16.1. The molecule has 1 N–H and O–H groups in total. The van der Waals surface area contributed by atoms with Gasteiger partial charge in [0, 0.05) is 0 Å². The van der Waals surface area contributed by atoms with Gasteiger partial charge in [-0.3, -0.25) is 0 Å². The summed E-state index contributed by atoms with van der Waals surface area (Å²) in [7, 11) is -3.80. The Balaban J connectivity index is 2.58. The van der Waals surface area contributed by atoms with Crippen LogP contribution in [0.1, 0.15) is 16.8 Å². The molecular formula is C12H13F3O5S. The Kier molecular flexibility index (Phi) is 5.73. The topological polar surface area (TPSA) is 80.7 Å². The van der Waals surface area contributed by atoms with Gasteiger partial charge in [-0.25, -0.2) is 13.2 Å². The average molecular weight is 326 g/mol. The minimum absolute atomic E-state index is 0.186. The number of ether oxygens (including phenoxy) is 1. The minimum atomic E-state index is -4.35. The van der Waals surface area contributed by atoms with Crippen molar-refractivity contribution in [3.8, 4) is 0 Å². The van der Waals surface area contributed by atoms with Crippen LogP contribution in [0.25, 0.3) is 0 Å². The van der Waals surface area contributed by atoms with Gasteiger partial charge in [-0.2, -0.15) is 13.2 Å². The molecule has 1 aromatic rings. The van der Waals surface area contributed by atoms with E-state index in [0.717, 1.165) is 6.07 Å². The SMILES string of the molecule is O=C(O)c1cccc(S(=O)(=O)CCOCCC(F)(F)F)c1. The average Bonchev–Trinajstić information content (AvgIpc) is 2.37. The van der Waals surface area contributed by atoms with Gasteiger partial charge < -0.3 is 9.84 Å². The van der Waals surface area contributed by atoms with Gasteiger partial charge in [-0.1, -0.05) is 6.07 Å². The van der Waals surface area contributed by atoms with E-state index < -0.39 is 47.4 Å². The molecule has 0 saturated carbocycles. The summed E-state index contributed by atoms with van der Waals surface area (Å²) in [6.45, 7) is -1.01. The number of carboxylic acids is 1. The zero-order valence-corrected chi connectivity index (χ0v) is 11.6. The lowest BCUT2D eigenvalue weighted by molar-refractivity contribution is -0.144. The van der Waals surface area contributed by atoms with E-state index >= 15 is 0 Å². The van der Waals surface area contributed by atoms with Gasteiger partial charge in [0.15, 0.2) is 9.84 Å². The van der Waals surface area contributed by atoms with E-state index in [4.69, 9.17) is 5.11 Å². The largest absolute Gasteiger partial charge is 0.478 e. The second-order valence-corrected chi connectivity index (χ2v) is 6.24. The van der Waals surface area contributed by atoms with E-state index in [0.29, 0.717) is 0 Å². The number of sulfone groups is 1. The summed E-state index contributed by atoms with van der Waals surface area (Å²) >= 11 is 0. The van der Waals surface area contributed by atoms with Crippen LogP contribution in [-0.4, -0.2) is 44.6 Å². The lowest BCUT2D eigenvalue weighted by Crippen LogP contribution is -2.16. The molecule has 0 aliphatic rings. The lowest BCUT2D eigenvalue weighted by atomic mass is 10.2. The van der Waals surface area contributed by atoms with Gasteiger partial charge in [0.25, 0.3) is 0 Å². The third-order valence-corrected chi connectivity index (χ3v) is 4.14. The maximum absolute atomic E-state index is 11.9. The molecule has 1 rings (SSSR count). The van der Waals surface area contributed by atoms with Crippen LogP contribution in [0.15, 0.2) is 29.2 Å². The summed E-state index contributed by atoms with van der Waals surface area (Å²) in [4.78, 5) is 10.5. The van der Waals surface area contributed by atoms with E-state index in [1.54, 1.807) is 0 Å². The van der Waals surface area contributed by atoms with Crippen LogP contribution in [0.3, 0.4) is 0 Å². The number of aromatic carboxylic acids is 1. The molecule has 0 saturated heterocycles. The number of rotatable bonds is 7. The number of carboxylic acid groups (broad SMARTS) is 1. The van der Waals surface area contributed by atoms with E-state index in [1.807, 2.05) is 0 Å². The van der Waals surface area contributed by atoms with Crippen LogP contribution < -0.4 is 0 Å². The number of carbonyl (C=O) groups is 1. The van der Waals surface area contributed by atoms with Crippen molar-refractivity contribution in [2.75, 3.05) is 19.0 Å². The third-order valence-electron chi connectivity index (χ3n) is 2.47. The normalized spacial score (nSPS) is 12.3. The van der Waals surface area contributed by atoms with Crippen LogP contribution in [0, 0.1) is 0 Å². The number of halogens is 3. The summed E-state index contributed by atoms with van der Waals surface area (Å²) < 4.78 is 63.9. The number of benzene rings is 1. The van der Waals surface area contributed by atoms with Crippen molar-refractivity contribution in [2.45, 2.75) is 17.5 Å². The molecule has 118 valence electrons. The fourth-order valence-corrected chi connectivity index (χ4v) is 2.56. The zero-order valence-electron chi connectivity index (χ0n) is 10.8. The van der Waals surface area contributed by atoms with Gasteiger partial charge >= 0.3 is 12.1 Å². The predicted molar refractivity (Wildman–Crippen MR) is 66.9 cm³/mol. The molecule has 0 bridgehead atoms. The van der Waals surface area contributed by atoms with Crippen LogP contribution >= 0.6 is 0 Å². The number of hydrogen-bond donors (Lipinski definition) is 1. The Morgan fingerprint density at radius 1 is 1.24 bits per heavy atom. The van der Waals surface area contributed by atoms with E-state index in [1.165, 1.54) is 18.2 Å². The molecule has 1 aromatic carbocycles. The molecule has 0 atom stereocenters. The Labute approximate surface area is 119 Å². The quantitative estimate of drug-likeness (QED) is 0.776. The molecule has 0 amide bonds. The lowest BCUT2D eigenvalue weighted by Gasteiger charge is -2.08. The predicted octanol–water partition coefficient (Wildman–Crippen LogP) is 2.13. The molecule has 0 fully saturated rings. The van der Waals surface area contributed by atoms with Crippen LogP contribution in [0.5, 0.6) is 0 Å². The van der Waals surface area contributed by atoms with Crippen molar-refractivity contribution in [1.29, 1.82) is 0 Å². The third kappa shape index (κ3) is 6.13. The van der Waals surface area contributed by atoms with Gasteiger partial charge in [0.2, 0.25) is 0 Å². The van der Waals surface area contributed by atoms with E-state index in [2.05, 4.69) is 4.74 Å². The molecule has 0 aromatic heterocycles. The molecule has 21 heavy (non-hydrogen) atoms. The first-order valence-electron chi connectivity index (χ1n) is 5.82. The first-order chi connectivity index (χ1) is 9.62. The first-order valence-corrected chi connectivity index (χ1v) is 7.48. The van der Waals surface area contributed by atoms with E-state index in [9.17, 15) is 26.4 Å². The Morgan fingerprint density at radius 3 is 2.48 bits per heavy atom. The van der Waals surface area contributed by atoms with Crippen LogP contribution in [0.2, 0.25) is 0 Å². The van der Waals surface area contributed by atoms with Crippen molar-refractivity contribution in [3.63, 3.8) is 0 Å². The van der Waals surface area contributed by atoms with Gasteiger partial charge in [0.05, 0.1) is 35.8 Å². The van der Waals surface area contributed by atoms with Crippen molar-refractivity contribution >= 4 is 15.8 Å². The highest BCUT2D eigenvalue weighted by molar-refractivity contribution is 7.91. The molecule has 5 nitrogen and oxygen atoms in total. The summed E-state index contributed by atoms with van der Waals surface area (Å²) in [5.41, 5.74) is -0.186. The summed E-state index contributed by atoms with van der Waals surface area (Å²) in [5.74, 6) is -1.79. The molecule has 0 radical (unpaired) electrons. The van der Waals surface area contributed by atoms with Crippen LogP contribution in [0.4, 0.5) is 13.2 Å². The van der Waals surface area contributed by atoms with E-state index in [-0.39, 0.29) is 10.5 Å².